The van der Waals surface area contributed by atoms with E-state index in [-0.39, 0.29) is 16.6 Å². The Kier molecular flexibility index (Phi) is 4.29. The number of nitro benzene ring substituents is 1. The lowest BCUT2D eigenvalue weighted by Gasteiger charge is -2.17. The number of nitrogens with zero attached hydrogens (tertiary/aromatic N) is 2. The second kappa shape index (κ2) is 6.09. The lowest BCUT2D eigenvalue weighted by Crippen LogP contribution is -2.28. The molecule has 0 amide bonds. The van der Waals surface area contributed by atoms with Gasteiger partial charge < -0.3 is 5.32 Å². The molecule has 126 valence electrons. The van der Waals surface area contributed by atoms with Gasteiger partial charge in [0.1, 0.15) is 5.69 Å². The fraction of sp³-hybridized carbons (Fsp3) is 0.600. The Bertz CT molecular complexity index is 709. The van der Waals surface area contributed by atoms with E-state index in [1.165, 1.54) is 22.5 Å². The molecule has 2 aliphatic rings. The van der Waals surface area contributed by atoms with E-state index in [2.05, 4.69) is 5.32 Å². The molecular weight excluding hydrogens is 318 g/mol. The Morgan fingerprint density at radius 2 is 1.96 bits per heavy atom. The van der Waals surface area contributed by atoms with Crippen LogP contribution < -0.4 is 5.32 Å². The standard InChI is InChI=1S/C15H21N3O4S/c1-11(12-4-5-12)16-14-7-6-13(10-15(14)18(19)20)23(21,22)17-8-2-3-9-17/h6-7,10-12,16H,2-5,8-9H2,1H3/t11-/m0/s1. The maximum atomic E-state index is 12.5. The van der Waals surface area contributed by atoms with Crippen molar-refractivity contribution >= 4 is 21.4 Å². The van der Waals surface area contributed by atoms with Crippen molar-refractivity contribution in [3.05, 3.63) is 28.3 Å². The van der Waals surface area contributed by atoms with Crippen LogP contribution in [0.1, 0.15) is 32.6 Å². The van der Waals surface area contributed by atoms with Gasteiger partial charge in [0.25, 0.3) is 5.69 Å². The van der Waals surface area contributed by atoms with Crippen LogP contribution in [0.25, 0.3) is 0 Å². The van der Waals surface area contributed by atoms with Crippen molar-refractivity contribution in [1.82, 2.24) is 4.31 Å². The summed E-state index contributed by atoms with van der Waals surface area (Å²) in [4.78, 5) is 10.8. The summed E-state index contributed by atoms with van der Waals surface area (Å²) in [6.45, 7) is 2.96. The maximum absolute atomic E-state index is 12.5. The zero-order valence-corrected chi connectivity index (χ0v) is 13.9. The van der Waals surface area contributed by atoms with Gasteiger partial charge in [-0.25, -0.2) is 8.42 Å². The van der Waals surface area contributed by atoms with E-state index in [1.54, 1.807) is 0 Å². The lowest BCUT2D eigenvalue weighted by molar-refractivity contribution is -0.384. The predicted octanol–water partition coefficient (Wildman–Crippen LogP) is 2.59. The van der Waals surface area contributed by atoms with Crippen LogP contribution in [0.5, 0.6) is 0 Å². The Morgan fingerprint density at radius 3 is 2.52 bits per heavy atom. The summed E-state index contributed by atoms with van der Waals surface area (Å²) in [6.07, 6.45) is 3.92. The molecule has 3 rings (SSSR count). The SMILES string of the molecule is C[C@H](Nc1ccc(S(=O)(=O)N2CCCC2)cc1[N+](=O)[O-])C1CC1. The molecule has 0 unspecified atom stereocenters. The molecule has 1 aliphatic carbocycles. The minimum Gasteiger partial charge on any atom is -0.377 e. The molecule has 1 saturated carbocycles. The molecule has 1 aromatic rings. The minimum absolute atomic E-state index is 0.00396. The van der Waals surface area contributed by atoms with Gasteiger partial charge in [0, 0.05) is 25.2 Å². The van der Waals surface area contributed by atoms with Crippen LogP contribution in [0.15, 0.2) is 23.1 Å². The van der Waals surface area contributed by atoms with Crippen LogP contribution in [-0.4, -0.2) is 36.8 Å². The summed E-state index contributed by atoms with van der Waals surface area (Å²) in [7, 11) is -3.64. The largest absolute Gasteiger partial charge is 0.377 e. The first kappa shape index (κ1) is 16.2. The molecule has 1 heterocycles. The summed E-state index contributed by atoms with van der Waals surface area (Å²) in [5, 5.41) is 14.5. The first-order valence-electron chi connectivity index (χ1n) is 7.95. The number of anilines is 1. The molecular formula is C15H21N3O4S. The van der Waals surface area contributed by atoms with Crippen molar-refractivity contribution in [1.29, 1.82) is 0 Å². The van der Waals surface area contributed by atoms with Crippen LogP contribution in [0.3, 0.4) is 0 Å². The van der Waals surface area contributed by atoms with Crippen molar-refractivity contribution in [2.24, 2.45) is 5.92 Å². The molecule has 0 bridgehead atoms. The highest BCUT2D eigenvalue weighted by Crippen LogP contribution is 2.36. The molecule has 0 spiro atoms. The number of rotatable bonds is 6. The maximum Gasteiger partial charge on any atom is 0.293 e. The fourth-order valence-corrected chi connectivity index (χ4v) is 4.52. The zero-order valence-electron chi connectivity index (χ0n) is 13.1. The first-order chi connectivity index (χ1) is 10.9. The number of benzene rings is 1. The molecule has 1 N–H and O–H groups in total. The van der Waals surface area contributed by atoms with Gasteiger partial charge in [0.15, 0.2) is 0 Å². The van der Waals surface area contributed by atoms with E-state index < -0.39 is 14.9 Å². The topological polar surface area (TPSA) is 92.6 Å². The Morgan fingerprint density at radius 1 is 1.30 bits per heavy atom. The number of hydrogen-bond acceptors (Lipinski definition) is 5. The van der Waals surface area contributed by atoms with Gasteiger partial charge in [-0.3, -0.25) is 10.1 Å². The van der Waals surface area contributed by atoms with Gasteiger partial charge in [-0.1, -0.05) is 0 Å². The van der Waals surface area contributed by atoms with E-state index in [0.717, 1.165) is 25.7 Å². The van der Waals surface area contributed by atoms with E-state index in [9.17, 15) is 18.5 Å². The van der Waals surface area contributed by atoms with Crippen molar-refractivity contribution in [2.45, 2.75) is 43.5 Å². The third kappa shape index (κ3) is 3.32. The molecule has 23 heavy (non-hydrogen) atoms. The summed E-state index contributed by atoms with van der Waals surface area (Å²) < 4.78 is 26.5. The Hall–Kier alpha value is -1.67. The van der Waals surface area contributed by atoms with Crippen LogP contribution in [0, 0.1) is 16.0 Å². The molecule has 1 aliphatic heterocycles. The highest BCUT2D eigenvalue weighted by Gasteiger charge is 2.31. The third-order valence-electron chi connectivity index (χ3n) is 4.58. The molecule has 1 atom stereocenters. The number of nitrogens with one attached hydrogen (secondary N) is 1. The zero-order chi connectivity index (χ0) is 16.6. The molecule has 2 fully saturated rings. The molecule has 0 radical (unpaired) electrons. The molecule has 0 aromatic heterocycles. The molecule has 1 aromatic carbocycles. The van der Waals surface area contributed by atoms with Gasteiger partial charge in [0.2, 0.25) is 10.0 Å². The van der Waals surface area contributed by atoms with E-state index in [1.807, 2.05) is 6.92 Å². The molecule has 7 nitrogen and oxygen atoms in total. The summed E-state index contributed by atoms with van der Waals surface area (Å²) in [5.41, 5.74) is 0.201. The fourth-order valence-electron chi connectivity index (χ4n) is 2.98. The predicted molar refractivity (Wildman–Crippen MR) is 86.9 cm³/mol. The van der Waals surface area contributed by atoms with Crippen molar-refractivity contribution in [3.63, 3.8) is 0 Å². The van der Waals surface area contributed by atoms with Crippen LogP contribution >= 0.6 is 0 Å². The number of hydrogen-bond donors (Lipinski definition) is 1. The number of nitro groups is 1. The average molecular weight is 339 g/mol. The summed E-state index contributed by atoms with van der Waals surface area (Å²) >= 11 is 0. The monoisotopic (exact) mass is 339 g/mol. The second-order valence-electron chi connectivity index (χ2n) is 6.32. The van der Waals surface area contributed by atoms with Gasteiger partial charge in [-0.05, 0) is 50.7 Å². The third-order valence-corrected chi connectivity index (χ3v) is 6.48. The highest BCUT2D eigenvalue weighted by atomic mass is 32.2. The van der Waals surface area contributed by atoms with Crippen molar-refractivity contribution < 1.29 is 13.3 Å². The van der Waals surface area contributed by atoms with Crippen molar-refractivity contribution in [2.75, 3.05) is 18.4 Å². The molecule has 8 heteroatoms. The number of sulfonamides is 1. The lowest BCUT2D eigenvalue weighted by atomic mass is 10.2. The van der Waals surface area contributed by atoms with Crippen LogP contribution in [0.4, 0.5) is 11.4 Å². The van der Waals surface area contributed by atoms with Gasteiger partial charge in [-0.2, -0.15) is 4.31 Å². The summed E-state index contributed by atoms with van der Waals surface area (Å²) in [5.74, 6) is 0.544. The smallest absolute Gasteiger partial charge is 0.293 e. The van der Waals surface area contributed by atoms with E-state index >= 15 is 0 Å². The summed E-state index contributed by atoms with van der Waals surface area (Å²) in [6, 6.07) is 4.30. The Labute approximate surface area is 135 Å². The van der Waals surface area contributed by atoms with Gasteiger partial charge in [0.05, 0.1) is 9.82 Å². The minimum atomic E-state index is -3.64. The van der Waals surface area contributed by atoms with Crippen LogP contribution in [0.2, 0.25) is 0 Å². The average Bonchev–Trinajstić information content (AvgIpc) is 3.21. The first-order valence-corrected chi connectivity index (χ1v) is 9.39. The van der Waals surface area contributed by atoms with Crippen molar-refractivity contribution in [3.8, 4) is 0 Å². The van der Waals surface area contributed by atoms with E-state index in [4.69, 9.17) is 0 Å². The highest BCUT2D eigenvalue weighted by molar-refractivity contribution is 7.89. The van der Waals surface area contributed by atoms with Gasteiger partial charge >= 0.3 is 0 Å². The molecule has 1 saturated heterocycles. The van der Waals surface area contributed by atoms with E-state index in [0.29, 0.717) is 24.7 Å². The van der Waals surface area contributed by atoms with Crippen LogP contribution in [-0.2, 0) is 10.0 Å². The quantitative estimate of drug-likeness (QED) is 0.635. The van der Waals surface area contributed by atoms with Gasteiger partial charge in [-0.15, -0.1) is 0 Å². The second-order valence-corrected chi connectivity index (χ2v) is 8.26. The normalized spacial score (nSPS) is 20.4. The Balaban J connectivity index is 1.90.